The first-order valence-electron chi connectivity index (χ1n) is 5.95. The third-order valence-electron chi connectivity index (χ3n) is 2.67. The van der Waals surface area contributed by atoms with E-state index in [0.29, 0.717) is 6.42 Å². The third-order valence-corrected chi connectivity index (χ3v) is 3.16. The first-order chi connectivity index (χ1) is 7.57. The van der Waals surface area contributed by atoms with Crippen molar-refractivity contribution in [3.05, 3.63) is 0 Å². The number of unbranched alkanes of at least 4 members (excludes halogenated alkanes) is 4. The molecule has 0 radical (unpaired) electrons. The summed E-state index contributed by atoms with van der Waals surface area (Å²) < 4.78 is 0. The summed E-state index contributed by atoms with van der Waals surface area (Å²) in [6.45, 7) is 2.16. The largest absolute Gasteiger partial charge is 0.281 e. The monoisotopic (exact) mass is 266 g/mol. The molecule has 2 nitrogen and oxygen atoms in total. The van der Waals surface area contributed by atoms with Crippen LogP contribution in [0.5, 0.6) is 0 Å². The summed E-state index contributed by atoms with van der Waals surface area (Å²) in [5.41, 5.74) is 0. The van der Waals surface area contributed by atoms with Crippen LogP contribution in [-0.2, 0) is 9.59 Å². The molecule has 0 aromatic rings. The van der Waals surface area contributed by atoms with Crippen LogP contribution < -0.4 is 0 Å². The van der Waals surface area contributed by atoms with Crippen molar-refractivity contribution in [1.82, 2.24) is 0 Å². The molecule has 94 valence electrons. The number of carbonyl (C=O) groups is 2. The van der Waals surface area contributed by atoms with Crippen LogP contribution in [0.2, 0.25) is 0 Å². The molecule has 0 rings (SSSR count). The Morgan fingerprint density at radius 2 is 1.62 bits per heavy atom. The van der Waals surface area contributed by atoms with Gasteiger partial charge < -0.3 is 0 Å². The van der Waals surface area contributed by atoms with E-state index >= 15 is 0 Å². The molecule has 0 N–H and O–H groups in total. The highest BCUT2D eigenvalue weighted by atomic mass is 35.5. The van der Waals surface area contributed by atoms with Crippen LogP contribution in [0.25, 0.3) is 0 Å². The average molecular weight is 267 g/mol. The fourth-order valence-corrected chi connectivity index (χ4v) is 1.98. The lowest BCUT2D eigenvalue weighted by Gasteiger charge is -2.10. The maximum atomic E-state index is 11.1. The second kappa shape index (κ2) is 10.1. The fraction of sp³-hybridized carbons (Fsp3) is 0.833. The van der Waals surface area contributed by atoms with E-state index in [4.69, 9.17) is 23.2 Å². The number of hydrogen-bond donors (Lipinski definition) is 0. The molecule has 1 unspecified atom stereocenters. The summed E-state index contributed by atoms with van der Waals surface area (Å²) in [5, 5.41) is -0.734. The highest BCUT2D eigenvalue weighted by Gasteiger charge is 2.16. The SMILES string of the molecule is CCCCCCCC(CCC(=O)Cl)C(=O)Cl. The van der Waals surface area contributed by atoms with Crippen molar-refractivity contribution in [1.29, 1.82) is 0 Å². The van der Waals surface area contributed by atoms with Crippen LogP contribution in [0.1, 0.15) is 58.3 Å². The molecule has 0 aliphatic rings. The van der Waals surface area contributed by atoms with E-state index in [9.17, 15) is 9.59 Å². The zero-order chi connectivity index (χ0) is 12.4. The van der Waals surface area contributed by atoms with Crippen molar-refractivity contribution in [3.8, 4) is 0 Å². The van der Waals surface area contributed by atoms with E-state index in [0.717, 1.165) is 19.3 Å². The summed E-state index contributed by atoms with van der Waals surface area (Å²) in [6.07, 6.45) is 7.27. The normalized spacial score (nSPS) is 12.4. The van der Waals surface area contributed by atoms with Crippen molar-refractivity contribution >= 4 is 33.7 Å². The van der Waals surface area contributed by atoms with Gasteiger partial charge in [0.2, 0.25) is 10.5 Å². The highest BCUT2D eigenvalue weighted by molar-refractivity contribution is 6.64. The van der Waals surface area contributed by atoms with Crippen molar-refractivity contribution in [3.63, 3.8) is 0 Å². The Balaban J connectivity index is 3.68. The second-order valence-corrected chi connectivity index (χ2v) is 4.89. The Labute approximate surface area is 108 Å². The molecule has 0 saturated carbocycles. The van der Waals surface area contributed by atoms with Crippen LogP contribution in [0.4, 0.5) is 0 Å². The van der Waals surface area contributed by atoms with E-state index in [1.807, 2.05) is 0 Å². The topological polar surface area (TPSA) is 34.1 Å². The van der Waals surface area contributed by atoms with Gasteiger partial charge in [0.1, 0.15) is 0 Å². The summed E-state index contributed by atoms with van der Waals surface area (Å²) in [4.78, 5) is 21.7. The van der Waals surface area contributed by atoms with E-state index in [2.05, 4.69) is 6.92 Å². The zero-order valence-corrected chi connectivity index (χ0v) is 11.3. The molecule has 0 heterocycles. The van der Waals surface area contributed by atoms with Crippen molar-refractivity contribution < 1.29 is 9.59 Å². The minimum absolute atomic E-state index is 0.203. The lowest BCUT2D eigenvalue weighted by molar-refractivity contribution is -0.116. The molecule has 4 heteroatoms. The predicted octanol–water partition coefficient (Wildman–Crippen LogP) is 4.27. The molecule has 0 amide bonds. The van der Waals surface area contributed by atoms with Gasteiger partial charge in [0.15, 0.2) is 0 Å². The van der Waals surface area contributed by atoms with Gasteiger partial charge in [0, 0.05) is 12.3 Å². The maximum absolute atomic E-state index is 11.1. The van der Waals surface area contributed by atoms with Crippen LogP contribution in [0.15, 0.2) is 0 Å². The minimum atomic E-state index is -0.395. The number of rotatable bonds is 10. The average Bonchev–Trinajstić information content (AvgIpc) is 2.21. The van der Waals surface area contributed by atoms with Crippen LogP contribution >= 0.6 is 23.2 Å². The Kier molecular flexibility index (Phi) is 10.0. The molecule has 0 saturated heterocycles. The molecule has 0 aliphatic heterocycles. The Morgan fingerprint density at radius 1 is 1.00 bits per heavy atom. The summed E-state index contributed by atoms with van der Waals surface area (Å²) in [5.74, 6) is -0.203. The van der Waals surface area contributed by atoms with Crippen molar-refractivity contribution in [2.45, 2.75) is 58.3 Å². The maximum Gasteiger partial charge on any atom is 0.224 e. The lowest BCUT2D eigenvalue weighted by atomic mass is 9.97. The van der Waals surface area contributed by atoms with Gasteiger partial charge in [-0.1, -0.05) is 39.0 Å². The Morgan fingerprint density at radius 3 is 2.12 bits per heavy atom. The van der Waals surface area contributed by atoms with Gasteiger partial charge in [0.25, 0.3) is 0 Å². The molecule has 16 heavy (non-hydrogen) atoms. The summed E-state index contributed by atoms with van der Waals surface area (Å²) in [6, 6.07) is 0. The standard InChI is InChI=1S/C12H20Cl2O2/c1-2-3-4-5-6-7-10(12(14)16)8-9-11(13)15/h10H,2-9H2,1H3. The molecular formula is C12H20Cl2O2. The van der Waals surface area contributed by atoms with Crippen LogP contribution in [0, 0.1) is 5.92 Å². The van der Waals surface area contributed by atoms with Crippen molar-refractivity contribution in [2.75, 3.05) is 0 Å². The van der Waals surface area contributed by atoms with E-state index in [-0.39, 0.29) is 17.6 Å². The van der Waals surface area contributed by atoms with Gasteiger partial charge in [-0.2, -0.15) is 0 Å². The summed E-state index contributed by atoms with van der Waals surface area (Å²) in [7, 11) is 0. The van der Waals surface area contributed by atoms with Gasteiger partial charge in [0.05, 0.1) is 0 Å². The number of carbonyl (C=O) groups excluding carboxylic acids is 2. The molecule has 0 spiro atoms. The van der Waals surface area contributed by atoms with Gasteiger partial charge >= 0.3 is 0 Å². The lowest BCUT2D eigenvalue weighted by Crippen LogP contribution is -2.10. The molecule has 1 atom stereocenters. The molecule has 0 bridgehead atoms. The Hall–Kier alpha value is -0.0800. The van der Waals surface area contributed by atoms with E-state index in [1.54, 1.807) is 0 Å². The van der Waals surface area contributed by atoms with Gasteiger partial charge in [-0.05, 0) is 36.0 Å². The van der Waals surface area contributed by atoms with E-state index < -0.39 is 5.24 Å². The first-order valence-corrected chi connectivity index (χ1v) is 6.71. The van der Waals surface area contributed by atoms with Crippen LogP contribution in [0.3, 0.4) is 0 Å². The molecular weight excluding hydrogens is 247 g/mol. The smallest absolute Gasteiger partial charge is 0.224 e. The minimum Gasteiger partial charge on any atom is -0.281 e. The van der Waals surface area contributed by atoms with Crippen molar-refractivity contribution in [2.24, 2.45) is 5.92 Å². The molecule has 0 aromatic heterocycles. The van der Waals surface area contributed by atoms with Crippen LogP contribution in [-0.4, -0.2) is 10.5 Å². The molecule has 0 aromatic carbocycles. The fourth-order valence-electron chi connectivity index (χ4n) is 1.65. The zero-order valence-electron chi connectivity index (χ0n) is 9.81. The second-order valence-electron chi connectivity index (χ2n) is 4.10. The molecule has 0 aliphatic carbocycles. The number of halogens is 2. The highest BCUT2D eigenvalue weighted by Crippen LogP contribution is 2.19. The van der Waals surface area contributed by atoms with E-state index in [1.165, 1.54) is 19.3 Å². The quantitative estimate of drug-likeness (QED) is 0.437. The van der Waals surface area contributed by atoms with Gasteiger partial charge in [-0.15, -0.1) is 0 Å². The Bertz CT molecular complexity index is 217. The third kappa shape index (κ3) is 9.17. The summed E-state index contributed by atoms with van der Waals surface area (Å²) >= 11 is 10.7. The number of hydrogen-bond acceptors (Lipinski definition) is 2. The predicted molar refractivity (Wildman–Crippen MR) is 67.8 cm³/mol. The van der Waals surface area contributed by atoms with Gasteiger partial charge in [-0.3, -0.25) is 9.59 Å². The molecule has 0 fully saturated rings. The first kappa shape index (κ1) is 15.9. The van der Waals surface area contributed by atoms with Gasteiger partial charge in [-0.25, -0.2) is 0 Å².